The lowest BCUT2D eigenvalue weighted by molar-refractivity contribution is -0.123. The summed E-state index contributed by atoms with van der Waals surface area (Å²) in [4.78, 5) is 17.5. The van der Waals surface area contributed by atoms with Crippen LogP contribution in [0.15, 0.2) is 47.1 Å². The molecule has 1 N–H and O–H groups in total. The van der Waals surface area contributed by atoms with Crippen molar-refractivity contribution in [2.75, 3.05) is 5.32 Å². The number of halogens is 1. The van der Waals surface area contributed by atoms with Crippen LogP contribution in [-0.2, 0) is 11.2 Å². The normalized spacial score (nSPS) is 12.1. The van der Waals surface area contributed by atoms with Crippen molar-refractivity contribution in [2.45, 2.75) is 41.0 Å². The van der Waals surface area contributed by atoms with Gasteiger partial charge in [-0.3, -0.25) is 4.79 Å². The van der Waals surface area contributed by atoms with Gasteiger partial charge >= 0.3 is 0 Å². The molecule has 1 aromatic carbocycles. The molecule has 0 saturated heterocycles. The van der Waals surface area contributed by atoms with Crippen LogP contribution in [0.25, 0.3) is 11.7 Å². The quantitative estimate of drug-likeness (QED) is 0.545. The highest BCUT2D eigenvalue weighted by Gasteiger charge is 2.25. The molecular weight excluding hydrogens is 414 g/mol. The molecule has 2 aromatic heterocycles. The first-order chi connectivity index (χ1) is 13.2. The molecule has 146 valence electrons. The van der Waals surface area contributed by atoms with Gasteiger partial charge in [0.05, 0.1) is 11.4 Å². The second-order valence-corrected chi connectivity index (χ2v) is 8.88. The third-order valence-corrected chi connectivity index (χ3v) is 5.48. The fraction of sp³-hybridized carbons (Fsp3) is 0.304. The number of anilines is 1. The third-order valence-electron chi connectivity index (χ3n) is 4.79. The van der Waals surface area contributed by atoms with Crippen LogP contribution < -0.4 is 5.32 Å². The first kappa shape index (κ1) is 20.3. The minimum atomic E-state index is -0.493. The van der Waals surface area contributed by atoms with E-state index in [9.17, 15) is 4.79 Å². The number of carbonyl (C=O) groups is 1. The molecule has 5 heteroatoms. The largest absolute Gasteiger partial charge is 0.322 e. The standard InChI is InChI=1S/C23H26BrN3O/c1-15-16(2)27-14-19(24)18(13-9-12-17-10-7-6-8-11-17)20(21(27)25-15)26-22(28)23(3,4)5/h6-12,14H,13H2,1-5H3,(H,26,28)/b12-9+. The van der Waals surface area contributed by atoms with Crippen molar-refractivity contribution in [3.8, 4) is 0 Å². The van der Waals surface area contributed by atoms with E-state index >= 15 is 0 Å². The number of hydrogen-bond acceptors (Lipinski definition) is 2. The summed E-state index contributed by atoms with van der Waals surface area (Å²) in [6.45, 7) is 9.75. The van der Waals surface area contributed by atoms with E-state index < -0.39 is 5.41 Å². The van der Waals surface area contributed by atoms with Gasteiger partial charge in [0.25, 0.3) is 0 Å². The number of aromatic nitrogens is 2. The minimum absolute atomic E-state index is 0.0286. The molecule has 2 heterocycles. The van der Waals surface area contributed by atoms with Gasteiger partial charge in [-0.25, -0.2) is 4.98 Å². The Morgan fingerprint density at radius 3 is 2.54 bits per heavy atom. The number of nitrogens with zero attached hydrogens (tertiary/aromatic N) is 2. The summed E-state index contributed by atoms with van der Waals surface area (Å²) in [6, 6.07) is 10.2. The number of benzene rings is 1. The average molecular weight is 440 g/mol. The van der Waals surface area contributed by atoms with Gasteiger partial charge in [0, 0.05) is 21.8 Å². The Balaban J connectivity index is 2.07. The lowest BCUT2D eigenvalue weighted by Crippen LogP contribution is -2.28. The summed E-state index contributed by atoms with van der Waals surface area (Å²) in [5.74, 6) is -0.0286. The van der Waals surface area contributed by atoms with Crippen molar-refractivity contribution < 1.29 is 4.79 Å². The molecule has 0 saturated carbocycles. The zero-order valence-electron chi connectivity index (χ0n) is 17.0. The number of rotatable bonds is 4. The topological polar surface area (TPSA) is 46.4 Å². The Hall–Kier alpha value is -2.40. The second-order valence-electron chi connectivity index (χ2n) is 8.03. The van der Waals surface area contributed by atoms with E-state index in [0.29, 0.717) is 6.42 Å². The summed E-state index contributed by atoms with van der Waals surface area (Å²) >= 11 is 3.70. The number of aryl methyl sites for hydroxylation is 2. The van der Waals surface area contributed by atoms with Crippen LogP contribution in [0.3, 0.4) is 0 Å². The Kier molecular flexibility index (Phi) is 5.75. The summed E-state index contributed by atoms with van der Waals surface area (Å²) in [5.41, 5.74) is 5.23. The Bertz CT molecular complexity index is 1040. The molecule has 0 unspecified atom stereocenters. The fourth-order valence-corrected chi connectivity index (χ4v) is 3.48. The van der Waals surface area contributed by atoms with Crippen molar-refractivity contribution in [1.29, 1.82) is 0 Å². The lowest BCUT2D eigenvalue weighted by atomic mass is 9.95. The zero-order valence-corrected chi connectivity index (χ0v) is 18.6. The number of allylic oxidation sites excluding steroid dienone is 1. The summed E-state index contributed by atoms with van der Waals surface area (Å²) < 4.78 is 2.98. The number of pyridine rings is 1. The Morgan fingerprint density at radius 1 is 1.21 bits per heavy atom. The predicted octanol–water partition coefficient (Wildman–Crippen LogP) is 5.95. The molecule has 3 rings (SSSR count). The van der Waals surface area contributed by atoms with E-state index in [4.69, 9.17) is 4.98 Å². The highest BCUT2D eigenvalue weighted by molar-refractivity contribution is 9.10. The summed E-state index contributed by atoms with van der Waals surface area (Å²) in [7, 11) is 0. The predicted molar refractivity (Wildman–Crippen MR) is 120 cm³/mol. The van der Waals surface area contributed by atoms with E-state index in [0.717, 1.165) is 38.3 Å². The first-order valence-corrected chi connectivity index (χ1v) is 10.2. The van der Waals surface area contributed by atoms with Gasteiger partial charge in [-0.05, 0) is 47.3 Å². The molecule has 0 aliphatic rings. The lowest BCUT2D eigenvalue weighted by Gasteiger charge is -2.20. The van der Waals surface area contributed by atoms with E-state index in [1.165, 1.54) is 0 Å². The van der Waals surface area contributed by atoms with Crippen molar-refractivity contribution in [1.82, 2.24) is 9.38 Å². The van der Waals surface area contributed by atoms with Gasteiger partial charge < -0.3 is 9.72 Å². The van der Waals surface area contributed by atoms with Crippen LogP contribution in [0.4, 0.5) is 5.69 Å². The van der Waals surface area contributed by atoms with Gasteiger partial charge in [0.15, 0.2) is 5.65 Å². The monoisotopic (exact) mass is 439 g/mol. The molecule has 0 bridgehead atoms. The molecule has 0 radical (unpaired) electrons. The van der Waals surface area contributed by atoms with E-state index in [1.54, 1.807) is 0 Å². The molecule has 4 nitrogen and oxygen atoms in total. The number of amides is 1. The summed E-state index contributed by atoms with van der Waals surface area (Å²) in [5, 5.41) is 3.14. The van der Waals surface area contributed by atoms with Crippen molar-refractivity contribution >= 4 is 39.2 Å². The van der Waals surface area contributed by atoms with Crippen LogP contribution in [0.2, 0.25) is 0 Å². The van der Waals surface area contributed by atoms with Crippen LogP contribution >= 0.6 is 15.9 Å². The highest BCUT2D eigenvalue weighted by Crippen LogP contribution is 2.32. The highest BCUT2D eigenvalue weighted by atomic mass is 79.9. The molecule has 28 heavy (non-hydrogen) atoms. The van der Waals surface area contributed by atoms with Crippen molar-refractivity contribution in [2.24, 2.45) is 5.41 Å². The van der Waals surface area contributed by atoms with Crippen molar-refractivity contribution in [3.63, 3.8) is 0 Å². The smallest absolute Gasteiger partial charge is 0.229 e. The van der Waals surface area contributed by atoms with E-state index in [2.05, 4.69) is 45.5 Å². The molecule has 0 fully saturated rings. The Morgan fingerprint density at radius 2 is 1.89 bits per heavy atom. The van der Waals surface area contributed by atoms with Crippen LogP contribution in [0.5, 0.6) is 0 Å². The average Bonchev–Trinajstić information content (AvgIpc) is 2.92. The molecule has 3 aromatic rings. The molecule has 0 spiro atoms. The van der Waals surface area contributed by atoms with Crippen LogP contribution in [0.1, 0.15) is 43.3 Å². The number of nitrogens with one attached hydrogen (secondary N) is 1. The maximum absolute atomic E-state index is 12.7. The van der Waals surface area contributed by atoms with Gasteiger partial charge in [0.2, 0.25) is 5.91 Å². The van der Waals surface area contributed by atoms with Crippen LogP contribution in [-0.4, -0.2) is 15.3 Å². The summed E-state index contributed by atoms with van der Waals surface area (Å²) in [6.07, 6.45) is 6.91. The molecule has 0 aliphatic carbocycles. The van der Waals surface area contributed by atoms with Crippen molar-refractivity contribution in [3.05, 3.63) is 69.6 Å². The van der Waals surface area contributed by atoms with Gasteiger partial charge in [0.1, 0.15) is 0 Å². The van der Waals surface area contributed by atoms with Gasteiger partial charge in [-0.15, -0.1) is 0 Å². The van der Waals surface area contributed by atoms with Gasteiger partial charge in [-0.1, -0.05) is 63.3 Å². The maximum atomic E-state index is 12.7. The molecule has 1 amide bonds. The SMILES string of the molecule is Cc1nc2c(NC(=O)C(C)(C)C)c(C/C=C/c3ccccc3)c(Br)cn2c1C. The van der Waals surface area contributed by atoms with Gasteiger partial charge in [-0.2, -0.15) is 0 Å². The first-order valence-electron chi connectivity index (χ1n) is 9.38. The van der Waals surface area contributed by atoms with Crippen LogP contribution in [0, 0.1) is 19.3 Å². The number of hydrogen-bond donors (Lipinski definition) is 1. The van der Waals surface area contributed by atoms with E-state index in [1.807, 2.05) is 63.4 Å². The molecule has 0 aliphatic heterocycles. The maximum Gasteiger partial charge on any atom is 0.229 e. The number of fused-ring (bicyclic) bond motifs is 1. The minimum Gasteiger partial charge on any atom is -0.322 e. The second kappa shape index (κ2) is 7.92. The van der Waals surface area contributed by atoms with E-state index in [-0.39, 0.29) is 5.91 Å². The molecule has 0 atom stereocenters. The third kappa shape index (κ3) is 4.20. The molecular formula is C23H26BrN3O. The Labute approximate surface area is 174 Å². The zero-order chi connectivity index (χ0) is 20.5. The number of imidazole rings is 1. The number of carbonyl (C=O) groups excluding carboxylic acids is 1. The fourth-order valence-electron chi connectivity index (χ4n) is 2.92.